The molecule has 1 N–H and O–H groups in total. The molecule has 2 heteroatoms. The summed E-state index contributed by atoms with van der Waals surface area (Å²) in [5, 5.41) is 8.45. The van der Waals surface area contributed by atoms with Crippen molar-refractivity contribution in [2.45, 2.75) is 25.4 Å². The fraction of sp³-hybridized carbons (Fsp3) is 0.750. The quantitative estimate of drug-likeness (QED) is 0.585. The highest BCUT2D eigenvalue weighted by Gasteiger charge is 2.08. The number of aliphatic hydroxyl groups excluding tert-OH is 1. The molecule has 0 aromatic rings. The van der Waals surface area contributed by atoms with Gasteiger partial charge in [0, 0.05) is 6.61 Å². The summed E-state index contributed by atoms with van der Waals surface area (Å²) in [6.45, 7) is 1.00. The van der Waals surface area contributed by atoms with Gasteiger partial charge in [0.2, 0.25) is 0 Å². The molecular weight excluding hydrogens is 128 g/mol. The molecule has 1 unspecified atom stereocenters. The monoisotopic (exact) mass is 142 g/mol. The van der Waals surface area contributed by atoms with Crippen molar-refractivity contribution in [3.8, 4) is 0 Å². The molecule has 1 fully saturated rings. The van der Waals surface area contributed by atoms with Crippen LogP contribution in [0.4, 0.5) is 0 Å². The second-order valence-corrected chi connectivity index (χ2v) is 2.52. The number of ether oxygens (including phenoxy) is 1. The van der Waals surface area contributed by atoms with Crippen LogP contribution in [0.1, 0.15) is 19.3 Å². The average molecular weight is 142 g/mol. The topological polar surface area (TPSA) is 29.5 Å². The highest BCUT2D eigenvalue weighted by atomic mass is 16.5. The van der Waals surface area contributed by atoms with Gasteiger partial charge in [-0.05, 0) is 19.3 Å². The maximum absolute atomic E-state index is 8.45. The van der Waals surface area contributed by atoms with Crippen LogP contribution >= 0.6 is 0 Å². The van der Waals surface area contributed by atoms with Crippen LogP contribution in [-0.2, 0) is 4.74 Å². The minimum Gasteiger partial charge on any atom is -0.392 e. The summed E-state index contributed by atoms with van der Waals surface area (Å²) < 4.78 is 5.38. The molecule has 1 aliphatic rings. The molecule has 0 amide bonds. The van der Waals surface area contributed by atoms with Crippen molar-refractivity contribution in [2.24, 2.45) is 0 Å². The summed E-state index contributed by atoms with van der Waals surface area (Å²) in [5.74, 6) is 0. The third-order valence-electron chi connectivity index (χ3n) is 1.67. The maximum atomic E-state index is 8.45. The first-order valence-electron chi connectivity index (χ1n) is 3.82. The van der Waals surface area contributed by atoms with E-state index < -0.39 is 0 Å². The highest BCUT2D eigenvalue weighted by molar-refractivity contribution is 4.90. The van der Waals surface area contributed by atoms with Gasteiger partial charge in [-0.1, -0.05) is 12.2 Å². The lowest BCUT2D eigenvalue weighted by Gasteiger charge is -2.18. The molecule has 0 saturated carbocycles. The average Bonchev–Trinajstić information content (AvgIpc) is 2.03. The molecule has 1 heterocycles. The second-order valence-electron chi connectivity index (χ2n) is 2.52. The molecule has 1 saturated heterocycles. The molecule has 1 rings (SSSR count). The molecule has 0 spiro atoms. The van der Waals surface area contributed by atoms with E-state index in [-0.39, 0.29) is 12.7 Å². The van der Waals surface area contributed by atoms with Crippen LogP contribution in [0.2, 0.25) is 0 Å². The lowest BCUT2D eigenvalue weighted by atomic mass is 10.1. The van der Waals surface area contributed by atoms with E-state index in [0.29, 0.717) is 0 Å². The smallest absolute Gasteiger partial charge is 0.0756 e. The lowest BCUT2D eigenvalue weighted by Crippen LogP contribution is -2.16. The summed E-state index contributed by atoms with van der Waals surface area (Å²) in [6.07, 6.45) is 7.50. The number of hydrogen-bond acceptors (Lipinski definition) is 2. The Balaban J connectivity index is 2.19. The van der Waals surface area contributed by atoms with Crippen LogP contribution in [0, 0.1) is 0 Å². The van der Waals surface area contributed by atoms with E-state index in [4.69, 9.17) is 9.84 Å². The Morgan fingerprint density at radius 2 is 2.40 bits per heavy atom. The fourth-order valence-corrected chi connectivity index (χ4v) is 1.13. The van der Waals surface area contributed by atoms with Crippen LogP contribution in [0.3, 0.4) is 0 Å². The molecular formula is C8H14O2. The van der Waals surface area contributed by atoms with Crippen LogP contribution in [0.25, 0.3) is 0 Å². The standard InChI is InChI=1S/C8H14O2/c9-6-3-5-8-4-1-2-7-10-8/h3,5,8-9H,1-2,4,6-7H2/b5-3+. The minimum atomic E-state index is 0.125. The van der Waals surface area contributed by atoms with Crippen molar-refractivity contribution in [1.82, 2.24) is 0 Å². The Hall–Kier alpha value is -0.340. The Morgan fingerprint density at radius 1 is 1.50 bits per heavy atom. The predicted octanol–water partition coefficient (Wildman–Crippen LogP) is 1.10. The first kappa shape index (κ1) is 7.76. The Labute approximate surface area is 61.5 Å². The van der Waals surface area contributed by atoms with Crippen molar-refractivity contribution < 1.29 is 9.84 Å². The molecule has 1 atom stereocenters. The zero-order chi connectivity index (χ0) is 7.23. The van der Waals surface area contributed by atoms with Gasteiger partial charge in [0.1, 0.15) is 0 Å². The van der Waals surface area contributed by atoms with Crippen molar-refractivity contribution in [1.29, 1.82) is 0 Å². The van der Waals surface area contributed by atoms with E-state index in [1.165, 1.54) is 12.8 Å². The molecule has 2 nitrogen and oxygen atoms in total. The van der Waals surface area contributed by atoms with Crippen molar-refractivity contribution in [3.63, 3.8) is 0 Å². The zero-order valence-corrected chi connectivity index (χ0v) is 6.12. The van der Waals surface area contributed by atoms with Gasteiger partial charge in [0.25, 0.3) is 0 Å². The van der Waals surface area contributed by atoms with Crippen molar-refractivity contribution >= 4 is 0 Å². The van der Waals surface area contributed by atoms with Crippen molar-refractivity contribution in [3.05, 3.63) is 12.2 Å². The van der Waals surface area contributed by atoms with Gasteiger partial charge in [-0.2, -0.15) is 0 Å². The second kappa shape index (κ2) is 4.47. The van der Waals surface area contributed by atoms with E-state index >= 15 is 0 Å². The van der Waals surface area contributed by atoms with E-state index in [1.54, 1.807) is 6.08 Å². The van der Waals surface area contributed by atoms with E-state index in [9.17, 15) is 0 Å². The van der Waals surface area contributed by atoms with Gasteiger partial charge in [0.05, 0.1) is 12.7 Å². The molecule has 0 aromatic heterocycles. The normalized spacial score (nSPS) is 27.5. The molecule has 58 valence electrons. The fourth-order valence-electron chi connectivity index (χ4n) is 1.13. The van der Waals surface area contributed by atoms with E-state index in [1.807, 2.05) is 6.08 Å². The Kier molecular flexibility index (Phi) is 3.47. The first-order chi connectivity index (χ1) is 4.93. The van der Waals surface area contributed by atoms with Gasteiger partial charge >= 0.3 is 0 Å². The first-order valence-corrected chi connectivity index (χ1v) is 3.82. The number of hydrogen-bond donors (Lipinski definition) is 1. The van der Waals surface area contributed by atoms with E-state index in [2.05, 4.69) is 0 Å². The molecule has 10 heavy (non-hydrogen) atoms. The summed E-state index contributed by atoms with van der Waals surface area (Å²) in [6, 6.07) is 0. The lowest BCUT2D eigenvalue weighted by molar-refractivity contribution is 0.0462. The van der Waals surface area contributed by atoms with Gasteiger partial charge in [-0.25, -0.2) is 0 Å². The minimum absolute atomic E-state index is 0.125. The Morgan fingerprint density at radius 3 is 3.00 bits per heavy atom. The molecule has 0 bridgehead atoms. The van der Waals surface area contributed by atoms with Gasteiger partial charge < -0.3 is 9.84 Å². The van der Waals surface area contributed by atoms with Crippen LogP contribution in [0.15, 0.2) is 12.2 Å². The maximum Gasteiger partial charge on any atom is 0.0756 e. The van der Waals surface area contributed by atoms with E-state index in [0.717, 1.165) is 13.0 Å². The highest BCUT2D eigenvalue weighted by Crippen LogP contribution is 2.12. The summed E-state index contributed by atoms with van der Waals surface area (Å²) in [5.41, 5.74) is 0. The predicted molar refractivity (Wildman–Crippen MR) is 39.8 cm³/mol. The van der Waals surface area contributed by atoms with Crippen LogP contribution in [0.5, 0.6) is 0 Å². The largest absolute Gasteiger partial charge is 0.392 e. The Bertz CT molecular complexity index is 104. The summed E-state index contributed by atoms with van der Waals surface area (Å²) >= 11 is 0. The number of aliphatic hydroxyl groups is 1. The van der Waals surface area contributed by atoms with Crippen LogP contribution in [-0.4, -0.2) is 24.4 Å². The molecule has 0 radical (unpaired) electrons. The number of rotatable bonds is 2. The van der Waals surface area contributed by atoms with Gasteiger partial charge in [0.15, 0.2) is 0 Å². The summed E-state index contributed by atoms with van der Waals surface area (Å²) in [4.78, 5) is 0. The molecule has 0 aromatic carbocycles. The SMILES string of the molecule is OC/C=C/C1CCCCO1. The summed E-state index contributed by atoms with van der Waals surface area (Å²) in [7, 11) is 0. The zero-order valence-electron chi connectivity index (χ0n) is 6.12. The van der Waals surface area contributed by atoms with Gasteiger partial charge in [-0.15, -0.1) is 0 Å². The molecule has 1 aliphatic heterocycles. The van der Waals surface area contributed by atoms with Crippen molar-refractivity contribution in [2.75, 3.05) is 13.2 Å². The van der Waals surface area contributed by atoms with Gasteiger partial charge in [-0.3, -0.25) is 0 Å². The molecule has 0 aliphatic carbocycles. The van der Waals surface area contributed by atoms with Crippen LogP contribution < -0.4 is 0 Å². The third kappa shape index (κ3) is 2.50. The third-order valence-corrected chi connectivity index (χ3v) is 1.67.